The second kappa shape index (κ2) is 4.52. The Bertz CT molecular complexity index is 782. The van der Waals surface area contributed by atoms with Crippen molar-refractivity contribution in [2.75, 3.05) is 20.3 Å². The summed E-state index contributed by atoms with van der Waals surface area (Å²) in [6.45, 7) is 1.52. The second-order valence-electron chi connectivity index (χ2n) is 6.21. The molecule has 2 fully saturated rings. The van der Waals surface area contributed by atoms with Gasteiger partial charge in [-0.3, -0.25) is 4.79 Å². The van der Waals surface area contributed by atoms with Gasteiger partial charge in [0.15, 0.2) is 11.5 Å². The maximum Gasteiger partial charge on any atom is 0.404 e. The van der Waals surface area contributed by atoms with Crippen LogP contribution in [0.4, 0.5) is 4.79 Å². The van der Waals surface area contributed by atoms with Gasteiger partial charge in [-0.15, -0.1) is 0 Å². The van der Waals surface area contributed by atoms with Gasteiger partial charge in [-0.2, -0.15) is 0 Å². The summed E-state index contributed by atoms with van der Waals surface area (Å²) >= 11 is 0. The van der Waals surface area contributed by atoms with Crippen molar-refractivity contribution in [1.29, 1.82) is 0 Å². The van der Waals surface area contributed by atoms with E-state index in [9.17, 15) is 19.8 Å². The van der Waals surface area contributed by atoms with Crippen molar-refractivity contribution in [3.63, 3.8) is 0 Å². The molecule has 3 atom stereocenters. The number of primary amides is 1. The van der Waals surface area contributed by atoms with Crippen LogP contribution in [0.3, 0.4) is 0 Å². The third-order valence-corrected chi connectivity index (χ3v) is 5.06. The molecule has 9 heteroatoms. The zero-order chi connectivity index (χ0) is 17.4. The molecule has 2 saturated heterocycles. The summed E-state index contributed by atoms with van der Waals surface area (Å²) in [5.41, 5.74) is 3.96. The minimum Gasteiger partial charge on any atom is -0.871 e. The monoisotopic (exact) mass is 334 g/mol. The highest BCUT2D eigenvalue weighted by Gasteiger charge is 2.68. The van der Waals surface area contributed by atoms with Crippen LogP contribution >= 0.6 is 0 Å². The third-order valence-electron chi connectivity index (χ3n) is 5.06. The highest BCUT2D eigenvalue weighted by atomic mass is 16.5. The molecule has 0 radical (unpaired) electrons. The molecule has 0 bridgehead atoms. The average Bonchev–Trinajstić information content (AvgIpc) is 3.17. The number of hydrogen-bond donors (Lipinski definition) is 3. The SMILES string of the molecule is COC1=C(C)C([O-])=C2C(=C(COC(N)=O)[C@@]3(O)[C@H]4N[C@H]4CN23)C1=O. The number of piperazine rings is 1. The van der Waals surface area contributed by atoms with Crippen LogP contribution < -0.4 is 16.2 Å². The van der Waals surface area contributed by atoms with Crippen molar-refractivity contribution < 1.29 is 29.3 Å². The molecular weight excluding hydrogens is 318 g/mol. The van der Waals surface area contributed by atoms with Crippen molar-refractivity contribution in [1.82, 2.24) is 10.2 Å². The van der Waals surface area contributed by atoms with Gasteiger partial charge in [0.05, 0.1) is 18.7 Å². The van der Waals surface area contributed by atoms with E-state index >= 15 is 0 Å². The molecule has 0 spiro atoms. The van der Waals surface area contributed by atoms with E-state index in [2.05, 4.69) is 5.32 Å². The first kappa shape index (κ1) is 15.0. The highest BCUT2D eigenvalue weighted by Crippen LogP contribution is 2.53. The van der Waals surface area contributed by atoms with Crippen LogP contribution in [0.1, 0.15) is 6.92 Å². The number of nitrogens with zero attached hydrogens (tertiary/aromatic N) is 1. The molecule has 9 nitrogen and oxygen atoms in total. The van der Waals surface area contributed by atoms with Crippen molar-refractivity contribution in [2.24, 2.45) is 5.73 Å². The van der Waals surface area contributed by atoms with E-state index in [1.165, 1.54) is 18.9 Å². The number of amides is 1. The Kier molecular flexibility index (Phi) is 2.83. The molecule has 0 aromatic heterocycles. The molecular formula is C15H16N3O6-. The maximum atomic E-state index is 12.8. The Balaban J connectivity index is 1.92. The van der Waals surface area contributed by atoms with Crippen LogP contribution in [-0.2, 0) is 14.3 Å². The third kappa shape index (κ3) is 1.60. The first-order chi connectivity index (χ1) is 11.3. The molecule has 0 aromatic carbocycles. The lowest BCUT2D eigenvalue weighted by atomic mass is 9.90. The first-order valence-corrected chi connectivity index (χ1v) is 7.45. The van der Waals surface area contributed by atoms with E-state index in [4.69, 9.17) is 15.2 Å². The van der Waals surface area contributed by atoms with Crippen molar-refractivity contribution in [3.05, 3.63) is 33.9 Å². The van der Waals surface area contributed by atoms with Crippen molar-refractivity contribution in [3.8, 4) is 0 Å². The quantitative estimate of drug-likeness (QED) is 0.493. The predicted molar refractivity (Wildman–Crippen MR) is 76.7 cm³/mol. The number of carbonyl (C=O) groups excluding carboxylic acids is 2. The molecule has 3 heterocycles. The van der Waals surface area contributed by atoms with Crippen molar-refractivity contribution >= 4 is 11.9 Å². The largest absolute Gasteiger partial charge is 0.871 e. The molecule has 3 aliphatic heterocycles. The summed E-state index contributed by atoms with van der Waals surface area (Å²) in [6.07, 6.45) is -1.03. The van der Waals surface area contributed by atoms with Crippen LogP contribution in [0, 0.1) is 0 Å². The number of allylic oxidation sites excluding steroid dienone is 3. The van der Waals surface area contributed by atoms with Gasteiger partial charge in [0.2, 0.25) is 5.78 Å². The minimum atomic E-state index is -1.58. The molecule has 0 unspecified atom stereocenters. The molecule has 24 heavy (non-hydrogen) atoms. The van der Waals surface area contributed by atoms with Gasteiger partial charge in [0.25, 0.3) is 0 Å². The summed E-state index contributed by atoms with van der Waals surface area (Å²) in [7, 11) is 1.30. The van der Waals surface area contributed by atoms with Gasteiger partial charge in [0.1, 0.15) is 6.61 Å². The van der Waals surface area contributed by atoms with Gasteiger partial charge in [-0.1, -0.05) is 5.76 Å². The maximum absolute atomic E-state index is 12.8. The normalized spacial score (nSPS) is 33.6. The summed E-state index contributed by atoms with van der Waals surface area (Å²) < 4.78 is 9.90. The second-order valence-corrected chi connectivity index (χ2v) is 6.21. The number of Topliss-reactive ketones (excluding diaryl/α,β-unsaturated/α-hetero) is 1. The Morgan fingerprint density at radius 1 is 1.58 bits per heavy atom. The standard InChI is InChI=1S/C15H17N3O6/c1-5-10(19)9-8(11(20)12(5)23-2)6(4-24-14(16)21)15(22)13-7(17-13)3-18(9)15/h7,13,17,19,22H,3-4H2,1-2H3,(H2,16,21)/p-1/t7-,13-,15+/m0/s1. The lowest BCUT2D eigenvalue weighted by Crippen LogP contribution is -2.49. The fourth-order valence-electron chi connectivity index (χ4n) is 3.92. The van der Waals surface area contributed by atoms with E-state index in [0.29, 0.717) is 6.54 Å². The summed E-state index contributed by atoms with van der Waals surface area (Å²) in [5.74, 6) is -0.955. The lowest BCUT2D eigenvalue weighted by Gasteiger charge is -2.36. The number of ether oxygens (including phenoxy) is 2. The number of nitrogens with one attached hydrogen (secondary N) is 1. The number of ketones is 1. The van der Waals surface area contributed by atoms with Crippen LogP contribution in [0.2, 0.25) is 0 Å². The summed E-state index contributed by atoms with van der Waals surface area (Å²) in [6, 6.07) is -0.315. The highest BCUT2D eigenvalue weighted by molar-refractivity contribution is 6.13. The fourth-order valence-corrected chi connectivity index (χ4v) is 3.92. The number of carbonyl (C=O) groups is 2. The summed E-state index contributed by atoms with van der Waals surface area (Å²) in [4.78, 5) is 25.3. The van der Waals surface area contributed by atoms with E-state index in [1.807, 2.05) is 0 Å². The molecule has 1 aliphatic carbocycles. The van der Waals surface area contributed by atoms with Gasteiger partial charge in [-0.25, -0.2) is 4.79 Å². The number of hydrogen-bond acceptors (Lipinski definition) is 8. The van der Waals surface area contributed by atoms with E-state index < -0.39 is 17.6 Å². The molecule has 4 N–H and O–H groups in total. The molecule has 1 amide bonds. The topological polar surface area (TPSA) is 147 Å². The zero-order valence-electron chi connectivity index (χ0n) is 13.1. The molecule has 0 aromatic rings. The number of methoxy groups -OCH3 is 1. The lowest BCUT2D eigenvalue weighted by molar-refractivity contribution is -0.301. The average molecular weight is 334 g/mol. The van der Waals surface area contributed by atoms with Crippen LogP contribution in [-0.4, -0.2) is 60.0 Å². The Labute approximate surface area is 137 Å². The van der Waals surface area contributed by atoms with Gasteiger partial charge in [0, 0.05) is 23.9 Å². The fraction of sp³-hybridized carbons (Fsp3) is 0.467. The van der Waals surface area contributed by atoms with E-state index in [0.717, 1.165) is 0 Å². The van der Waals surface area contributed by atoms with E-state index in [1.54, 1.807) is 0 Å². The van der Waals surface area contributed by atoms with E-state index in [-0.39, 0.29) is 52.6 Å². The van der Waals surface area contributed by atoms with Gasteiger partial charge >= 0.3 is 6.09 Å². The van der Waals surface area contributed by atoms with Crippen molar-refractivity contribution in [2.45, 2.75) is 24.7 Å². The Morgan fingerprint density at radius 2 is 2.29 bits per heavy atom. The predicted octanol–water partition coefficient (Wildman–Crippen LogP) is -2.19. The molecule has 0 saturated carbocycles. The molecule has 4 aliphatic rings. The number of aliphatic hydroxyl groups is 1. The van der Waals surface area contributed by atoms with Gasteiger partial charge < -0.3 is 35.6 Å². The zero-order valence-corrected chi connectivity index (χ0v) is 13.1. The van der Waals surface area contributed by atoms with Crippen LogP contribution in [0.5, 0.6) is 0 Å². The van der Waals surface area contributed by atoms with Crippen LogP contribution in [0.15, 0.2) is 33.9 Å². The Morgan fingerprint density at radius 3 is 2.92 bits per heavy atom. The Hall–Kier alpha value is -2.52. The number of fused-ring (bicyclic) bond motifs is 5. The van der Waals surface area contributed by atoms with Crippen LogP contribution in [0.25, 0.3) is 0 Å². The molecule has 4 rings (SSSR count). The smallest absolute Gasteiger partial charge is 0.404 e. The number of rotatable bonds is 3. The number of nitrogens with two attached hydrogens (primary N) is 1. The summed E-state index contributed by atoms with van der Waals surface area (Å²) in [5, 5.41) is 27.1. The minimum absolute atomic E-state index is 0.0173. The molecule has 128 valence electrons. The van der Waals surface area contributed by atoms with Gasteiger partial charge in [-0.05, 0) is 12.5 Å². The first-order valence-electron chi connectivity index (χ1n) is 7.45.